The summed E-state index contributed by atoms with van der Waals surface area (Å²) >= 11 is 5.72. The zero-order valence-electron chi connectivity index (χ0n) is 9.86. The standard InChI is InChI=1S/C14H11ClFNO2/c15-13-10(5-3-6-11(13)16)14(19)17-8-9-4-1-2-7-12(9)18/h1-7,18H,8H2,(H,17,19). The molecule has 3 nitrogen and oxygen atoms in total. The Balaban J connectivity index is 2.10. The number of rotatable bonds is 3. The molecule has 0 aliphatic rings. The highest BCUT2D eigenvalue weighted by Crippen LogP contribution is 2.20. The topological polar surface area (TPSA) is 49.3 Å². The molecule has 0 saturated heterocycles. The molecule has 98 valence electrons. The summed E-state index contributed by atoms with van der Waals surface area (Å²) in [4.78, 5) is 11.9. The van der Waals surface area contributed by atoms with Gasteiger partial charge in [-0.15, -0.1) is 0 Å². The molecule has 0 atom stereocenters. The van der Waals surface area contributed by atoms with E-state index in [0.717, 1.165) is 0 Å². The summed E-state index contributed by atoms with van der Waals surface area (Å²) in [6.07, 6.45) is 0. The van der Waals surface area contributed by atoms with Gasteiger partial charge < -0.3 is 10.4 Å². The van der Waals surface area contributed by atoms with Gasteiger partial charge in [-0.3, -0.25) is 4.79 Å². The first-order valence-electron chi connectivity index (χ1n) is 5.58. The predicted molar refractivity (Wildman–Crippen MR) is 70.7 cm³/mol. The average Bonchev–Trinajstić information content (AvgIpc) is 2.40. The molecule has 0 radical (unpaired) electrons. The van der Waals surface area contributed by atoms with Crippen molar-refractivity contribution >= 4 is 17.5 Å². The molecule has 1 amide bonds. The number of phenolic OH excluding ortho intramolecular Hbond substituents is 1. The van der Waals surface area contributed by atoms with E-state index < -0.39 is 11.7 Å². The molecule has 2 rings (SSSR count). The Morgan fingerprint density at radius 3 is 2.68 bits per heavy atom. The van der Waals surface area contributed by atoms with Crippen LogP contribution >= 0.6 is 11.6 Å². The monoisotopic (exact) mass is 279 g/mol. The van der Waals surface area contributed by atoms with E-state index in [1.165, 1.54) is 24.3 Å². The lowest BCUT2D eigenvalue weighted by molar-refractivity contribution is 0.0950. The molecule has 2 N–H and O–H groups in total. The number of amides is 1. The van der Waals surface area contributed by atoms with Crippen LogP contribution in [0.2, 0.25) is 5.02 Å². The van der Waals surface area contributed by atoms with Crippen molar-refractivity contribution in [3.05, 3.63) is 64.4 Å². The largest absolute Gasteiger partial charge is 0.508 e. The summed E-state index contributed by atoms with van der Waals surface area (Å²) < 4.78 is 13.2. The van der Waals surface area contributed by atoms with Gasteiger partial charge in [0, 0.05) is 12.1 Å². The lowest BCUT2D eigenvalue weighted by Gasteiger charge is -2.08. The van der Waals surface area contributed by atoms with Gasteiger partial charge in [-0.1, -0.05) is 35.9 Å². The Morgan fingerprint density at radius 1 is 1.21 bits per heavy atom. The molecule has 5 heteroatoms. The molecule has 0 aromatic heterocycles. The summed E-state index contributed by atoms with van der Waals surface area (Å²) in [5, 5.41) is 11.9. The van der Waals surface area contributed by atoms with Gasteiger partial charge in [0.1, 0.15) is 11.6 Å². The van der Waals surface area contributed by atoms with E-state index in [9.17, 15) is 14.3 Å². The maximum absolute atomic E-state index is 13.2. The number of aromatic hydroxyl groups is 1. The fourth-order valence-electron chi connectivity index (χ4n) is 1.61. The van der Waals surface area contributed by atoms with E-state index in [0.29, 0.717) is 5.56 Å². The highest BCUT2D eigenvalue weighted by atomic mass is 35.5. The number of phenols is 1. The van der Waals surface area contributed by atoms with Gasteiger partial charge in [0.25, 0.3) is 5.91 Å². The normalized spacial score (nSPS) is 10.2. The third-order valence-corrected chi connectivity index (χ3v) is 3.01. The van der Waals surface area contributed by atoms with Crippen LogP contribution in [0.25, 0.3) is 0 Å². The number of carbonyl (C=O) groups is 1. The van der Waals surface area contributed by atoms with Crippen LogP contribution in [0.4, 0.5) is 4.39 Å². The first-order chi connectivity index (χ1) is 9.09. The van der Waals surface area contributed by atoms with Crippen molar-refractivity contribution in [2.75, 3.05) is 0 Å². The van der Waals surface area contributed by atoms with Gasteiger partial charge in [0.2, 0.25) is 0 Å². The van der Waals surface area contributed by atoms with Gasteiger partial charge in [-0.25, -0.2) is 4.39 Å². The van der Waals surface area contributed by atoms with E-state index in [1.807, 2.05) is 0 Å². The molecule has 0 spiro atoms. The van der Waals surface area contributed by atoms with E-state index in [4.69, 9.17) is 11.6 Å². The lowest BCUT2D eigenvalue weighted by atomic mass is 10.1. The minimum Gasteiger partial charge on any atom is -0.508 e. The van der Waals surface area contributed by atoms with Crippen molar-refractivity contribution in [1.29, 1.82) is 0 Å². The average molecular weight is 280 g/mol. The first-order valence-corrected chi connectivity index (χ1v) is 5.96. The molecule has 2 aromatic rings. The minimum atomic E-state index is -0.642. The van der Waals surface area contributed by atoms with Gasteiger partial charge in [0.15, 0.2) is 0 Å². The molecule has 0 unspecified atom stereocenters. The van der Waals surface area contributed by atoms with Gasteiger partial charge >= 0.3 is 0 Å². The zero-order chi connectivity index (χ0) is 13.8. The quantitative estimate of drug-likeness (QED) is 0.907. The smallest absolute Gasteiger partial charge is 0.253 e. The van der Waals surface area contributed by atoms with Crippen LogP contribution in [-0.4, -0.2) is 11.0 Å². The van der Waals surface area contributed by atoms with Gasteiger partial charge in [-0.2, -0.15) is 0 Å². The maximum atomic E-state index is 13.2. The van der Waals surface area contributed by atoms with Crippen LogP contribution in [-0.2, 0) is 6.54 Å². The summed E-state index contributed by atoms with van der Waals surface area (Å²) in [6.45, 7) is 0.137. The Bertz CT molecular complexity index is 616. The van der Waals surface area contributed by atoms with Crippen molar-refractivity contribution < 1.29 is 14.3 Å². The van der Waals surface area contributed by atoms with E-state index >= 15 is 0 Å². The molecule has 19 heavy (non-hydrogen) atoms. The third-order valence-electron chi connectivity index (χ3n) is 2.63. The van der Waals surface area contributed by atoms with E-state index in [2.05, 4.69) is 5.32 Å². The molecule has 2 aromatic carbocycles. The molecule has 0 heterocycles. The second kappa shape index (κ2) is 5.71. The zero-order valence-corrected chi connectivity index (χ0v) is 10.6. The molecule has 0 fully saturated rings. The van der Waals surface area contributed by atoms with Crippen LogP contribution in [0, 0.1) is 5.82 Å². The van der Waals surface area contributed by atoms with Crippen LogP contribution in [0.3, 0.4) is 0 Å². The second-order valence-corrected chi connectivity index (χ2v) is 4.29. The molecular weight excluding hydrogens is 269 g/mol. The number of halogens is 2. The number of para-hydroxylation sites is 1. The Labute approximate surface area is 114 Å². The summed E-state index contributed by atoms with van der Waals surface area (Å²) in [7, 11) is 0. The maximum Gasteiger partial charge on any atom is 0.253 e. The Kier molecular flexibility index (Phi) is 4.02. The highest BCUT2D eigenvalue weighted by Gasteiger charge is 2.13. The number of hydrogen-bond donors (Lipinski definition) is 2. The predicted octanol–water partition coefficient (Wildman–Crippen LogP) is 3.11. The minimum absolute atomic E-state index is 0.0667. The van der Waals surface area contributed by atoms with E-state index in [-0.39, 0.29) is 22.9 Å². The Morgan fingerprint density at radius 2 is 1.95 bits per heavy atom. The summed E-state index contributed by atoms with van der Waals surface area (Å²) in [5.41, 5.74) is 0.639. The number of nitrogens with one attached hydrogen (secondary N) is 1. The number of benzene rings is 2. The summed E-state index contributed by atoms with van der Waals surface area (Å²) in [6, 6.07) is 10.7. The number of carbonyl (C=O) groups excluding carboxylic acids is 1. The van der Waals surface area contributed by atoms with Crippen molar-refractivity contribution in [1.82, 2.24) is 5.32 Å². The van der Waals surface area contributed by atoms with Gasteiger partial charge in [0.05, 0.1) is 10.6 Å². The first kappa shape index (κ1) is 13.4. The van der Waals surface area contributed by atoms with Crippen LogP contribution in [0.1, 0.15) is 15.9 Å². The van der Waals surface area contributed by atoms with Crippen molar-refractivity contribution in [2.24, 2.45) is 0 Å². The van der Waals surface area contributed by atoms with Crippen molar-refractivity contribution in [2.45, 2.75) is 6.54 Å². The third kappa shape index (κ3) is 3.03. The SMILES string of the molecule is O=C(NCc1ccccc1O)c1cccc(F)c1Cl. The van der Waals surface area contributed by atoms with Crippen LogP contribution in [0.15, 0.2) is 42.5 Å². The molecule has 0 saturated carbocycles. The van der Waals surface area contributed by atoms with Crippen molar-refractivity contribution in [3.8, 4) is 5.75 Å². The summed E-state index contributed by atoms with van der Waals surface area (Å²) in [5.74, 6) is -1.04. The lowest BCUT2D eigenvalue weighted by Crippen LogP contribution is -2.23. The Hall–Kier alpha value is -2.07. The molecule has 0 aliphatic carbocycles. The molecular formula is C14H11ClFNO2. The van der Waals surface area contributed by atoms with Crippen molar-refractivity contribution in [3.63, 3.8) is 0 Å². The fraction of sp³-hybridized carbons (Fsp3) is 0.0714. The fourth-order valence-corrected chi connectivity index (χ4v) is 1.82. The van der Waals surface area contributed by atoms with E-state index in [1.54, 1.807) is 18.2 Å². The second-order valence-electron chi connectivity index (χ2n) is 3.91. The van der Waals surface area contributed by atoms with Crippen LogP contribution in [0.5, 0.6) is 5.75 Å². The van der Waals surface area contributed by atoms with Gasteiger partial charge in [-0.05, 0) is 18.2 Å². The number of hydrogen-bond acceptors (Lipinski definition) is 2. The highest BCUT2D eigenvalue weighted by molar-refractivity contribution is 6.34. The molecule has 0 bridgehead atoms. The van der Waals surface area contributed by atoms with Crippen LogP contribution < -0.4 is 5.32 Å². The molecule has 0 aliphatic heterocycles.